The van der Waals surface area contributed by atoms with Crippen LogP contribution in [0.5, 0.6) is 5.75 Å². The molecule has 0 spiro atoms. The smallest absolute Gasteiger partial charge is 0.233 e. The zero-order valence-corrected chi connectivity index (χ0v) is 17.0. The lowest BCUT2D eigenvalue weighted by Crippen LogP contribution is -2.40. The number of aliphatic hydroxyl groups is 1. The van der Waals surface area contributed by atoms with E-state index in [0.29, 0.717) is 25.7 Å². The van der Waals surface area contributed by atoms with Crippen molar-refractivity contribution in [3.63, 3.8) is 0 Å². The average Bonchev–Trinajstić information content (AvgIpc) is 2.67. The molecular formula is C21H35N3O3. The molecule has 6 nitrogen and oxygen atoms in total. The summed E-state index contributed by atoms with van der Waals surface area (Å²) in [5.41, 5.74) is 1.01. The van der Waals surface area contributed by atoms with E-state index in [4.69, 9.17) is 4.74 Å². The maximum Gasteiger partial charge on any atom is 0.233 e. The van der Waals surface area contributed by atoms with E-state index in [1.54, 1.807) is 7.05 Å². The number of nitrogens with one attached hydrogen (secondary N) is 1. The van der Waals surface area contributed by atoms with Crippen LogP contribution in [-0.2, 0) is 11.3 Å². The molecular weight excluding hydrogens is 342 g/mol. The zero-order chi connectivity index (χ0) is 19.6. The number of benzene rings is 1. The van der Waals surface area contributed by atoms with Crippen LogP contribution >= 0.6 is 0 Å². The summed E-state index contributed by atoms with van der Waals surface area (Å²) in [5.74, 6) is 0.748. The van der Waals surface area contributed by atoms with Crippen LogP contribution in [0.2, 0.25) is 0 Å². The number of para-hydroxylation sites is 1. The highest BCUT2D eigenvalue weighted by Crippen LogP contribution is 2.22. The van der Waals surface area contributed by atoms with Crippen molar-refractivity contribution < 1.29 is 14.6 Å². The zero-order valence-electron chi connectivity index (χ0n) is 17.0. The molecule has 0 aromatic heterocycles. The van der Waals surface area contributed by atoms with Crippen molar-refractivity contribution in [2.45, 2.75) is 50.8 Å². The summed E-state index contributed by atoms with van der Waals surface area (Å²) in [5, 5.41) is 13.0. The average molecular weight is 378 g/mol. The predicted molar refractivity (Wildman–Crippen MR) is 108 cm³/mol. The third-order valence-electron chi connectivity index (χ3n) is 5.23. The third kappa shape index (κ3) is 7.48. The van der Waals surface area contributed by atoms with E-state index in [0.717, 1.165) is 11.3 Å². The number of amides is 1. The second-order valence-electron chi connectivity index (χ2n) is 7.65. The number of aliphatic hydroxyl groups excluding tert-OH is 1. The molecule has 27 heavy (non-hydrogen) atoms. The number of nitrogens with zero attached hydrogens (tertiary/aromatic N) is 2. The fourth-order valence-corrected chi connectivity index (χ4v) is 3.69. The second kappa shape index (κ2) is 11.3. The Balaban J connectivity index is 1.83. The van der Waals surface area contributed by atoms with Crippen molar-refractivity contribution in [1.29, 1.82) is 0 Å². The molecule has 1 fully saturated rings. The monoisotopic (exact) mass is 377 g/mol. The first kappa shape index (κ1) is 21.7. The summed E-state index contributed by atoms with van der Waals surface area (Å²) >= 11 is 0. The maximum absolute atomic E-state index is 11.5. The standard InChI is InChI=1S/C21H35N3O3/c1-22-21(26)15-23(2)13-17-9-7-8-12-20(17)27-16-19(25)14-24(3)18-10-5-4-6-11-18/h7-9,12,18-19,25H,4-6,10-11,13-16H2,1-3H3,(H,22,26)/t19-/m1/s1. The van der Waals surface area contributed by atoms with E-state index in [1.165, 1.54) is 32.1 Å². The molecule has 152 valence electrons. The summed E-state index contributed by atoms with van der Waals surface area (Å²) in [6, 6.07) is 8.39. The Morgan fingerprint density at radius 2 is 1.96 bits per heavy atom. The summed E-state index contributed by atoms with van der Waals surface area (Å²) in [4.78, 5) is 15.7. The number of carbonyl (C=O) groups is 1. The molecule has 1 atom stereocenters. The summed E-state index contributed by atoms with van der Waals surface area (Å²) in [6.07, 6.45) is 5.85. The van der Waals surface area contributed by atoms with Crippen LogP contribution in [0.25, 0.3) is 0 Å². The van der Waals surface area contributed by atoms with Crippen molar-refractivity contribution in [1.82, 2.24) is 15.1 Å². The Labute approximate surface area is 163 Å². The van der Waals surface area contributed by atoms with Gasteiger partial charge in [-0.3, -0.25) is 9.69 Å². The summed E-state index contributed by atoms with van der Waals surface area (Å²) in [6.45, 7) is 1.85. The number of ether oxygens (including phenoxy) is 1. The lowest BCUT2D eigenvalue weighted by atomic mass is 9.94. The van der Waals surface area contributed by atoms with Crippen LogP contribution in [0.1, 0.15) is 37.7 Å². The van der Waals surface area contributed by atoms with Crippen molar-refractivity contribution in [3.05, 3.63) is 29.8 Å². The quantitative estimate of drug-likeness (QED) is 0.652. The van der Waals surface area contributed by atoms with Gasteiger partial charge in [-0.15, -0.1) is 0 Å². The number of hydrogen-bond acceptors (Lipinski definition) is 5. The molecule has 1 aliphatic carbocycles. The highest BCUT2D eigenvalue weighted by atomic mass is 16.5. The van der Waals surface area contributed by atoms with Crippen molar-refractivity contribution >= 4 is 5.91 Å². The Kier molecular flexibility index (Phi) is 9.04. The van der Waals surface area contributed by atoms with E-state index in [-0.39, 0.29) is 12.5 Å². The molecule has 0 heterocycles. The minimum atomic E-state index is -0.520. The topological polar surface area (TPSA) is 65.0 Å². The Hall–Kier alpha value is -1.63. The number of hydrogen-bond donors (Lipinski definition) is 2. The number of carbonyl (C=O) groups excluding carboxylic acids is 1. The molecule has 0 unspecified atom stereocenters. The van der Waals surface area contributed by atoms with Crippen molar-refractivity contribution in [3.8, 4) is 5.75 Å². The van der Waals surface area contributed by atoms with Gasteiger partial charge < -0.3 is 20.1 Å². The minimum absolute atomic E-state index is 0.0166. The number of likely N-dealkylation sites (N-methyl/N-ethyl adjacent to an activating group) is 3. The van der Waals surface area contributed by atoms with Gasteiger partial charge in [-0.05, 0) is 33.0 Å². The van der Waals surface area contributed by atoms with Gasteiger partial charge in [0.2, 0.25) is 5.91 Å². The molecule has 2 rings (SSSR count). The van der Waals surface area contributed by atoms with Gasteiger partial charge >= 0.3 is 0 Å². The van der Waals surface area contributed by atoms with Crippen LogP contribution < -0.4 is 10.1 Å². The molecule has 1 aromatic rings. The first-order valence-electron chi connectivity index (χ1n) is 9.97. The molecule has 0 bridgehead atoms. The van der Waals surface area contributed by atoms with Crippen LogP contribution in [0.3, 0.4) is 0 Å². The third-order valence-corrected chi connectivity index (χ3v) is 5.23. The second-order valence-corrected chi connectivity index (χ2v) is 7.65. The van der Waals surface area contributed by atoms with Crippen LogP contribution in [0.4, 0.5) is 0 Å². The van der Waals surface area contributed by atoms with Gasteiger partial charge in [0.25, 0.3) is 0 Å². The SMILES string of the molecule is CNC(=O)CN(C)Cc1ccccc1OC[C@H](O)CN(C)C1CCCCC1. The van der Waals surface area contributed by atoms with E-state index >= 15 is 0 Å². The summed E-state index contributed by atoms with van der Waals surface area (Å²) < 4.78 is 5.92. The molecule has 0 aliphatic heterocycles. The lowest BCUT2D eigenvalue weighted by molar-refractivity contribution is -0.121. The Bertz CT molecular complexity index is 576. The summed E-state index contributed by atoms with van der Waals surface area (Å²) in [7, 11) is 5.64. The highest BCUT2D eigenvalue weighted by Gasteiger charge is 2.20. The fraction of sp³-hybridized carbons (Fsp3) is 0.667. The molecule has 0 radical (unpaired) electrons. The van der Waals surface area contributed by atoms with Crippen molar-refractivity contribution in [2.24, 2.45) is 0 Å². The molecule has 1 aromatic carbocycles. The van der Waals surface area contributed by atoms with Gasteiger partial charge in [-0.25, -0.2) is 0 Å². The molecule has 1 saturated carbocycles. The van der Waals surface area contributed by atoms with Gasteiger partial charge in [0.15, 0.2) is 0 Å². The van der Waals surface area contributed by atoms with Crippen LogP contribution in [0.15, 0.2) is 24.3 Å². The molecule has 1 aliphatic rings. The Morgan fingerprint density at radius 3 is 2.67 bits per heavy atom. The van der Waals surface area contributed by atoms with E-state index < -0.39 is 6.10 Å². The van der Waals surface area contributed by atoms with Crippen LogP contribution in [0, 0.1) is 0 Å². The lowest BCUT2D eigenvalue weighted by Gasteiger charge is -2.32. The van der Waals surface area contributed by atoms with Gasteiger partial charge in [0.05, 0.1) is 6.54 Å². The van der Waals surface area contributed by atoms with Gasteiger partial charge in [-0.1, -0.05) is 37.5 Å². The normalized spacial score (nSPS) is 16.5. The first-order chi connectivity index (χ1) is 13.0. The largest absolute Gasteiger partial charge is 0.491 e. The van der Waals surface area contributed by atoms with Gasteiger partial charge in [0.1, 0.15) is 18.5 Å². The molecule has 6 heteroatoms. The molecule has 1 amide bonds. The predicted octanol–water partition coefficient (Wildman–Crippen LogP) is 1.87. The first-order valence-corrected chi connectivity index (χ1v) is 9.97. The fourth-order valence-electron chi connectivity index (χ4n) is 3.69. The molecule has 2 N–H and O–H groups in total. The Morgan fingerprint density at radius 1 is 1.26 bits per heavy atom. The van der Waals surface area contributed by atoms with Crippen molar-refractivity contribution in [2.75, 3.05) is 40.8 Å². The van der Waals surface area contributed by atoms with E-state index in [9.17, 15) is 9.90 Å². The number of rotatable bonds is 10. The van der Waals surface area contributed by atoms with Crippen LogP contribution in [-0.4, -0.2) is 73.8 Å². The molecule has 0 saturated heterocycles. The van der Waals surface area contributed by atoms with E-state index in [2.05, 4.69) is 17.3 Å². The van der Waals surface area contributed by atoms with Gasteiger partial charge in [-0.2, -0.15) is 0 Å². The van der Waals surface area contributed by atoms with Gasteiger partial charge in [0, 0.05) is 31.7 Å². The minimum Gasteiger partial charge on any atom is -0.491 e. The van der Waals surface area contributed by atoms with E-state index in [1.807, 2.05) is 36.2 Å². The highest BCUT2D eigenvalue weighted by molar-refractivity contribution is 5.77. The maximum atomic E-state index is 11.5.